The van der Waals surface area contributed by atoms with E-state index in [-0.39, 0.29) is 11.8 Å². The maximum atomic E-state index is 11.7. The third kappa shape index (κ3) is 4.02. The van der Waals surface area contributed by atoms with Gasteiger partial charge >= 0.3 is 5.97 Å². The minimum absolute atomic E-state index is 0.0993. The number of likely N-dealkylation sites (tertiary alicyclic amines) is 1. The Hall–Kier alpha value is -0.750. The Morgan fingerprint density at radius 2 is 2.00 bits per heavy atom. The van der Waals surface area contributed by atoms with E-state index < -0.39 is 5.97 Å². The first-order chi connectivity index (χ1) is 7.65. The number of thioether (sulfide) groups is 1. The third-order valence-corrected chi connectivity index (χ3v) is 3.66. The fraction of sp³-hybridized carbons (Fsp3) is 0.800. The maximum absolute atomic E-state index is 11.7. The standard InChI is InChI=1S/C10H18N2O3S/c11-3-6-16-7-9(13)12-4-1-8(2-5-12)10(14)15/h8H,1-7,11H2,(H,14,15). The first kappa shape index (κ1) is 13.3. The van der Waals surface area contributed by atoms with Crippen LogP contribution in [0.2, 0.25) is 0 Å². The maximum Gasteiger partial charge on any atom is 0.306 e. The number of nitrogens with two attached hydrogens (primary N) is 1. The van der Waals surface area contributed by atoms with Gasteiger partial charge in [0.05, 0.1) is 11.7 Å². The topological polar surface area (TPSA) is 83.6 Å². The molecule has 5 nitrogen and oxygen atoms in total. The van der Waals surface area contributed by atoms with Gasteiger partial charge in [-0.05, 0) is 12.8 Å². The molecule has 1 aliphatic heterocycles. The number of piperidine rings is 1. The van der Waals surface area contributed by atoms with Gasteiger partial charge in [0, 0.05) is 25.4 Å². The van der Waals surface area contributed by atoms with E-state index in [0.29, 0.717) is 38.2 Å². The zero-order valence-corrected chi connectivity index (χ0v) is 10.0. The molecule has 1 fully saturated rings. The number of carbonyl (C=O) groups is 2. The quantitative estimate of drug-likeness (QED) is 0.667. The number of carboxylic acid groups (broad SMARTS) is 1. The van der Waals surface area contributed by atoms with Gasteiger partial charge in [-0.25, -0.2) is 0 Å². The van der Waals surface area contributed by atoms with Crippen molar-refractivity contribution >= 4 is 23.6 Å². The lowest BCUT2D eigenvalue weighted by Crippen LogP contribution is -2.41. The van der Waals surface area contributed by atoms with Crippen LogP contribution in [0.3, 0.4) is 0 Å². The molecule has 1 saturated heterocycles. The molecule has 3 N–H and O–H groups in total. The lowest BCUT2D eigenvalue weighted by molar-refractivity contribution is -0.145. The summed E-state index contributed by atoms with van der Waals surface area (Å²) >= 11 is 1.53. The van der Waals surface area contributed by atoms with E-state index in [4.69, 9.17) is 10.8 Å². The van der Waals surface area contributed by atoms with Crippen LogP contribution >= 0.6 is 11.8 Å². The monoisotopic (exact) mass is 246 g/mol. The van der Waals surface area contributed by atoms with Crippen molar-refractivity contribution in [2.24, 2.45) is 11.7 Å². The van der Waals surface area contributed by atoms with E-state index in [1.165, 1.54) is 11.8 Å². The fourth-order valence-corrected chi connectivity index (χ4v) is 2.38. The molecule has 1 heterocycles. The van der Waals surface area contributed by atoms with Gasteiger partial charge in [0.2, 0.25) is 5.91 Å². The summed E-state index contributed by atoms with van der Waals surface area (Å²) in [6, 6.07) is 0. The molecular formula is C10H18N2O3S. The van der Waals surface area contributed by atoms with E-state index in [9.17, 15) is 9.59 Å². The Bertz CT molecular complexity index is 252. The highest BCUT2D eigenvalue weighted by Crippen LogP contribution is 2.18. The van der Waals surface area contributed by atoms with E-state index in [1.54, 1.807) is 4.90 Å². The second kappa shape index (κ2) is 6.75. The molecule has 0 saturated carbocycles. The SMILES string of the molecule is NCCSCC(=O)N1CCC(C(=O)O)CC1. The molecule has 0 bridgehead atoms. The van der Waals surface area contributed by atoms with Gasteiger partial charge in [-0.1, -0.05) is 0 Å². The summed E-state index contributed by atoms with van der Waals surface area (Å²) in [6.45, 7) is 1.72. The summed E-state index contributed by atoms with van der Waals surface area (Å²) < 4.78 is 0. The van der Waals surface area contributed by atoms with E-state index in [2.05, 4.69) is 0 Å². The summed E-state index contributed by atoms with van der Waals surface area (Å²) in [5.41, 5.74) is 5.33. The summed E-state index contributed by atoms with van der Waals surface area (Å²) in [5, 5.41) is 8.81. The number of carbonyl (C=O) groups excluding carboxylic acids is 1. The number of hydrogen-bond acceptors (Lipinski definition) is 4. The van der Waals surface area contributed by atoms with Crippen molar-refractivity contribution in [1.82, 2.24) is 4.90 Å². The molecule has 6 heteroatoms. The van der Waals surface area contributed by atoms with Crippen molar-refractivity contribution in [2.45, 2.75) is 12.8 Å². The summed E-state index contributed by atoms with van der Waals surface area (Å²) in [4.78, 5) is 24.1. The Balaban J connectivity index is 2.25. The van der Waals surface area contributed by atoms with Gasteiger partial charge in [0.1, 0.15) is 0 Å². The minimum Gasteiger partial charge on any atom is -0.481 e. The van der Waals surface area contributed by atoms with Crippen molar-refractivity contribution in [3.8, 4) is 0 Å². The number of carboxylic acids is 1. The zero-order valence-electron chi connectivity index (χ0n) is 9.22. The van der Waals surface area contributed by atoms with Crippen LogP contribution in [-0.2, 0) is 9.59 Å². The first-order valence-corrected chi connectivity index (χ1v) is 6.59. The van der Waals surface area contributed by atoms with Gasteiger partial charge < -0.3 is 15.7 Å². The van der Waals surface area contributed by atoms with Crippen molar-refractivity contribution in [1.29, 1.82) is 0 Å². The van der Waals surface area contributed by atoms with Crippen molar-refractivity contribution in [3.05, 3.63) is 0 Å². The Morgan fingerprint density at radius 3 is 2.50 bits per heavy atom. The van der Waals surface area contributed by atoms with Gasteiger partial charge in [-0.2, -0.15) is 11.8 Å². The Labute approximate surface area is 99.4 Å². The summed E-state index contributed by atoms with van der Waals surface area (Å²) in [6.07, 6.45) is 1.14. The van der Waals surface area contributed by atoms with Crippen LogP contribution < -0.4 is 5.73 Å². The molecule has 0 radical (unpaired) electrons. The number of aliphatic carboxylic acids is 1. The molecule has 1 amide bonds. The Morgan fingerprint density at radius 1 is 1.38 bits per heavy atom. The molecule has 0 aliphatic carbocycles. The number of amides is 1. The molecule has 0 aromatic heterocycles. The highest BCUT2D eigenvalue weighted by molar-refractivity contribution is 7.99. The largest absolute Gasteiger partial charge is 0.481 e. The highest BCUT2D eigenvalue weighted by Gasteiger charge is 2.26. The lowest BCUT2D eigenvalue weighted by atomic mass is 9.97. The molecule has 1 rings (SSSR count). The predicted molar refractivity (Wildman–Crippen MR) is 63.3 cm³/mol. The zero-order chi connectivity index (χ0) is 12.0. The molecule has 0 aromatic carbocycles. The number of nitrogens with zero attached hydrogens (tertiary/aromatic N) is 1. The molecule has 16 heavy (non-hydrogen) atoms. The number of hydrogen-bond donors (Lipinski definition) is 2. The van der Waals surface area contributed by atoms with Gasteiger partial charge in [0.15, 0.2) is 0 Å². The van der Waals surface area contributed by atoms with Gasteiger partial charge in [-0.3, -0.25) is 9.59 Å². The van der Waals surface area contributed by atoms with E-state index in [1.807, 2.05) is 0 Å². The summed E-state index contributed by atoms with van der Waals surface area (Å²) in [5.74, 6) is 0.319. The smallest absolute Gasteiger partial charge is 0.306 e. The Kier molecular flexibility index (Phi) is 5.62. The van der Waals surface area contributed by atoms with Crippen molar-refractivity contribution in [3.63, 3.8) is 0 Å². The second-order valence-corrected chi connectivity index (χ2v) is 4.94. The second-order valence-electron chi connectivity index (χ2n) is 3.83. The third-order valence-electron chi connectivity index (χ3n) is 2.68. The summed E-state index contributed by atoms with van der Waals surface area (Å²) in [7, 11) is 0. The van der Waals surface area contributed by atoms with Gasteiger partial charge in [-0.15, -0.1) is 0 Å². The first-order valence-electron chi connectivity index (χ1n) is 5.43. The normalized spacial score (nSPS) is 17.4. The lowest BCUT2D eigenvalue weighted by Gasteiger charge is -2.30. The van der Waals surface area contributed by atoms with Crippen molar-refractivity contribution < 1.29 is 14.7 Å². The van der Waals surface area contributed by atoms with E-state index in [0.717, 1.165) is 5.75 Å². The van der Waals surface area contributed by atoms with Gasteiger partial charge in [0.25, 0.3) is 0 Å². The van der Waals surface area contributed by atoms with Crippen LogP contribution in [0, 0.1) is 5.92 Å². The molecule has 92 valence electrons. The number of rotatable bonds is 5. The van der Waals surface area contributed by atoms with Crippen LogP contribution in [0.1, 0.15) is 12.8 Å². The van der Waals surface area contributed by atoms with Crippen LogP contribution in [0.5, 0.6) is 0 Å². The van der Waals surface area contributed by atoms with Crippen LogP contribution in [0.4, 0.5) is 0 Å². The van der Waals surface area contributed by atoms with Crippen LogP contribution in [0.15, 0.2) is 0 Å². The molecule has 0 unspecified atom stereocenters. The van der Waals surface area contributed by atoms with E-state index >= 15 is 0 Å². The molecule has 1 aliphatic rings. The average Bonchev–Trinajstić information content (AvgIpc) is 2.29. The molecule has 0 atom stereocenters. The van der Waals surface area contributed by atoms with Crippen LogP contribution in [-0.4, -0.2) is 53.0 Å². The van der Waals surface area contributed by atoms with Crippen molar-refractivity contribution in [2.75, 3.05) is 31.1 Å². The molecule has 0 spiro atoms. The average molecular weight is 246 g/mol. The minimum atomic E-state index is -0.746. The highest BCUT2D eigenvalue weighted by atomic mass is 32.2. The molecule has 0 aromatic rings. The molecular weight excluding hydrogens is 228 g/mol. The van der Waals surface area contributed by atoms with Crippen LogP contribution in [0.25, 0.3) is 0 Å². The fourth-order valence-electron chi connectivity index (χ4n) is 1.71. The predicted octanol–water partition coefficient (Wildman–Crippen LogP) is 0.00150.